The Hall–Kier alpha value is -2.76. The van der Waals surface area contributed by atoms with E-state index in [2.05, 4.69) is 10.3 Å². The number of benzene rings is 3. The first-order valence-electron chi connectivity index (χ1n) is 7.82. The Bertz CT molecular complexity index is 1090. The second-order valence-electron chi connectivity index (χ2n) is 5.64. The van der Waals surface area contributed by atoms with Crippen molar-refractivity contribution in [1.82, 2.24) is 4.98 Å². The molecule has 0 aliphatic carbocycles. The third-order valence-electron chi connectivity index (χ3n) is 3.84. The van der Waals surface area contributed by atoms with E-state index in [9.17, 15) is 9.18 Å². The number of carbonyl (C=O) groups excluding carboxylic acids is 1. The van der Waals surface area contributed by atoms with Crippen LogP contribution in [0.2, 0.25) is 5.02 Å². The number of rotatable bonds is 3. The van der Waals surface area contributed by atoms with Crippen LogP contribution in [0.1, 0.15) is 10.4 Å². The second kappa shape index (κ2) is 6.86. The summed E-state index contributed by atoms with van der Waals surface area (Å²) in [7, 11) is 0. The number of halogens is 2. The van der Waals surface area contributed by atoms with E-state index in [1.807, 2.05) is 24.3 Å². The van der Waals surface area contributed by atoms with Crippen LogP contribution in [0.25, 0.3) is 20.8 Å². The third kappa shape index (κ3) is 3.31. The zero-order chi connectivity index (χ0) is 18.1. The van der Waals surface area contributed by atoms with E-state index >= 15 is 0 Å². The predicted octanol–water partition coefficient (Wildman–Crippen LogP) is 6.01. The van der Waals surface area contributed by atoms with Crippen molar-refractivity contribution < 1.29 is 9.18 Å². The summed E-state index contributed by atoms with van der Waals surface area (Å²) in [5.74, 6) is -0.852. The van der Waals surface area contributed by atoms with Crippen molar-refractivity contribution in [2.75, 3.05) is 5.32 Å². The first-order valence-corrected chi connectivity index (χ1v) is 9.02. The van der Waals surface area contributed by atoms with Crippen LogP contribution in [0.3, 0.4) is 0 Å². The summed E-state index contributed by atoms with van der Waals surface area (Å²) in [6.07, 6.45) is 0. The van der Waals surface area contributed by atoms with Crippen LogP contribution in [-0.2, 0) is 0 Å². The summed E-state index contributed by atoms with van der Waals surface area (Å²) in [4.78, 5) is 17.1. The highest BCUT2D eigenvalue weighted by atomic mass is 35.5. The summed E-state index contributed by atoms with van der Waals surface area (Å²) in [5.41, 5.74) is 2.43. The maximum Gasteiger partial charge on any atom is 0.255 e. The number of thiazole rings is 1. The standard InChI is InChI=1S/C20H12ClFN2OS/c21-13-8-9-16(23-19(25)12-4-3-5-14(22)10-12)15(11-13)20-24-17-6-1-2-7-18(17)26-20/h1-11H,(H,23,25). The molecule has 1 aromatic heterocycles. The lowest BCUT2D eigenvalue weighted by Gasteiger charge is -2.10. The molecular weight excluding hydrogens is 371 g/mol. The second-order valence-corrected chi connectivity index (χ2v) is 7.11. The molecule has 3 aromatic carbocycles. The SMILES string of the molecule is O=C(Nc1ccc(Cl)cc1-c1nc2ccccc2s1)c1cccc(F)c1. The number of hydrogen-bond donors (Lipinski definition) is 1. The van der Waals surface area contributed by atoms with E-state index in [-0.39, 0.29) is 5.56 Å². The minimum atomic E-state index is -0.458. The van der Waals surface area contributed by atoms with Gasteiger partial charge in [0.05, 0.1) is 15.9 Å². The molecule has 0 spiro atoms. The maximum atomic E-state index is 13.4. The van der Waals surface area contributed by atoms with Gasteiger partial charge in [0.1, 0.15) is 10.8 Å². The molecule has 1 N–H and O–H groups in total. The average molecular weight is 383 g/mol. The van der Waals surface area contributed by atoms with Gasteiger partial charge in [0.15, 0.2) is 0 Å². The van der Waals surface area contributed by atoms with Crippen LogP contribution < -0.4 is 5.32 Å². The molecule has 0 radical (unpaired) electrons. The number of amides is 1. The number of aromatic nitrogens is 1. The largest absolute Gasteiger partial charge is 0.321 e. The Morgan fingerprint density at radius 1 is 1.04 bits per heavy atom. The molecule has 0 atom stereocenters. The molecule has 0 saturated carbocycles. The Balaban J connectivity index is 1.74. The molecule has 4 aromatic rings. The summed E-state index contributed by atoms with van der Waals surface area (Å²) >= 11 is 7.67. The first-order chi connectivity index (χ1) is 12.6. The van der Waals surface area contributed by atoms with Crippen LogP contribution in [0, 0.1) is 5.82 Å². The van der Waals surface area contributed by atoms with Crippen molar-refractivity contribution in [3.63, 3.8) is 0 Å². The van der Waals surface area contributed by atoms with Crippen molar-refractivity contribution in [1.29, 1.82) is 0 Å². The van der Waals surface area contributed by atoms with Gasteiger partial charge in [-0.15, -0.1) is 11.3 Å². The Morgan fingerprint density at radius 2 is 1.88 bits per heavy atom. The molecule has 128 valence electrons. The molecule has 0 bridgehead atoms. The van der Waals surface area contributed by atoms with Crippen LogP contribution in [-0.4, -0.2) is 10.9 Å². The van der Waals surface area contributed by atoms with Crippen LogP contribution in [0.15, 0.2) is 66.7 Å². The Kier molecular flexibility index (Phi) is 4.41. The smallest absolute Gasteiger partial charge is 0.255 e. The van der Waals surface area contributed by atoms with Crippen LogP contribution in [0.4, 0.5) is 10.1 Å². The lowest BCUT2D eigenvalue weighted by molar-refractivity contribution is 0.102. The topological polar surface area (TPSA) is 42.0 Å². The van der Waals surface area contributed by atoms with E-state index in [4.69, 9.17) is 11.6 Å². The summed E-state index contributed by atoms with van der Waals surface area (Å²) in [6.45, 7) is 0. The number of nitrogens with one attached hydrogen (secondary N) is 1. The lowest BCUT2D eigenvalue weighted by Crippen LogP contribution is -2.12. The van der Waals surface area contributed by atoms with Crippen LogP contribution >= 0.6 is 22.9 Å². The molecule has 0 aliphatic heterocycles. The van der Waals surface area contributed by atoms with Gasteiger partial charge >= 0.3 is 0 Å². The molecule has 3 nitrogen and oxygen atoms in total. The van der Waals surface area contributed by atoms with Gasteiger partial charge in [0, 0.05) is 16.1 Å². The van der Waals surface area contributed by atoms with Crippen molar-refractivity contribution in [3.05, 3.63) is 83.1 Å². The van der Waals surface area contributed by atoms with E-state index < -0.39 is 11.7 Å². The minimum absolute atomic E-state index is 0.246. The number of fused-ring (bicyclic) bond motifs is 1. The zero-order valence-corrected chi connectivity index (χ0v) is 14.9. The molecule has 0 fully saturated rings. The highest BCUT2D eigenvalue weighted by Crippen LogP contribution is 2.36. The van der Waals surface area contributed by atoms with E-state index in [0.717, 1.165) is 20.8 Å². The predicted molar refractivity (Wildman–Crippen MR) is 104 cm³/mol. The summed E-state index contributed by atoms with van der Waals surface area (Å²) in [5, 5.41) is 4.12. The molecule has 1 amide bonds. The normalized spacial score (nSPS) is 10.8. The van der Waals surface area contributed by atoms with Gasteiger partial charge in [0.2, 0.25) is 0 Å². The number of nitrogens with zero attached hydrogens (tertiary/aromatic N) is 1. The van der Waals surface area contributed by atoms with E-state index in [1.165, 1.54) is 29.5 Å². The van der Waals surface area contributed by atoms with Crippen LogP contribution in [0.5, 0.6) is 0 Å². The zero-order valence-electron chi connectivity index (χ0n) is 13.4. The maximum absolute atomic E-state index is 13.4. The molecule has 26 heavy (non-hydrogen) atoms. The molecule has 4 rings (SSSR count). The average Bonchev–Trinajstić information content (AvgIpc) is 3.07. The summed E-state index contributed by atoms with van der Waals surface area (Å²) in [6, 6.07) is 18.5. The van der Waals surface area contributed by atoms with Gasteiger partial charge in [0.25, 0.3) is 5.91 Å². The van der Waals surface area contributed by atoms with Crippen molar-refractivity contribution in [3.8, 4) is 10.6 Å². The monoisotopic (exact) mass is 382 g/mol. The molecule has 1 heterocycles. The number of anilines is 1. The van der Waals surface area contributed by atoms with Gasteiger partial charge in [-0.05, 0) is 48.5 Å². The van der Waals surface area contributed by atoms with Gasteiger partial charge in [-0.25, -0.2) is 9.37 Å². The molecular formula is C20H12ClFN2OS. The van der Waals surface area contributed by atoms with E-state index in [0.29, 0.717) is 10.7 Å². The highest BCUT2D eigenvalue weighted by Gasteiger charge is 2.14. The number of hydrogen-bond acceptors (Lipinski definition) is 3. The lowest BCUT2D eigenvalue weighted by atomic mass is 10.1. The molecule has 6 heteroatoms. The van der Waals surface area contributed by atoms with Gasteiger partial charge in [-0.1, -0.05) is 29.8 Å². The van der Waals surface area contributed by atoms with Crippen molar-refractivity contribution in [2.45, 2.75) is 0 Å². The fraction of sp³-hybridized carbons (Fsp3) is 0. The van der Waals surface area contributed by atoms with E-state index in [1.54, 1.807) is 24.3 Å². The number of para-hydroxylation sites is 1. The van der Waals surface area contributed by atoms with Gasteiger partial charge in [-0.3, -0.25) is 4.79 Å². The fourth-order valence-corrected chi connectivity index (χ4v) is 3.78. The summed E-state index contributed by atoms with van der Waals surface area (Å²) < 4.78 is 14.4. The fourth-order valence-electron chi connectivity index (χ4n) is 2.61. The number of carbonyl (C=O) groups is 1. The van der Waals surface area contributed by atoms with Crippen molar-refractivity contribution in [2.24, 2.45) is 0 Å². The quantitative estimate of drug-likeness (QED) is 0.471. The highest BCUT2D eigenvalue weighted by molar-refractivity contribution is 7.21. The van der Waals surface area contributed by atoms with Gasteiger partial charge < -0.3 is 5.32 Å². The minimum Gasteiger partial charge on any atom is -0.321 e. The molecule has 0 unspecified atom stereocenters. The van der Waals surface area contributed by atoms with Crippen molar-refractivity contribution >= 4 is 44.7 Å². The Morgan fingerprint density at radius 3 is 2.69 bits per heavy atom. The van der Waals surface area contributed by atoms with Gasteiger partial charge in [-0.2, -0.15) is 0 Å². The first kappa shape index (κ1) is 16.7. The Labute approximate surface area is 158 Å². The molecule has 0 aliphatic rings. The molecule has 0 saturated heterocycles. The third-order valence-corrected chi connectivity index (χ3v) is 5.15.